The van der Waals surface area contributed by atoms with Crippen LogP contribution in [0.25, 0.3) is 83.6 Å². The van der Waals surface area contributed by atoms with Crippen LogP contribution < -0.4 is 5.19 Å². The normalized spacial score (nSPS) is 11.5. The van der Waals surface area contributed by atoms with Gasteiger partial charge >= 0.3 is 0 Å². The molecular weight excluding hydrogens is 907 g/mol. The minimum Gasteiger partial charge on any atom is -0.486 e. The van der Waals surface area contributed by atoms with Gasteiger partial charge in [0.25, 0.3) is 0 Å². The van der Waals surface area contributed by atoms with Crippen LogP contribution in [0.5, 0.6) is 0 Å². The van der Waals surface area contributed by atoms with E-state index in [9.17, 15) is 0 Å². The number of imidazole rings is 1. The first kappa shape index (κ1) is 38.8. The molecule has 8 heteroatoms. The van der Waals surface area contributed by atoms with Crippen molar-refractivity contribution in [3.8, 4) is 39.6 Å². The van der Waals surface area contributed by atoms with Crippen LogP contribution in [0.1, 0.15) is 18.2 Å². The number of aryl methyl sites for hydroxylation is 2. The van der Waals surface area contributed by atoms with Crippen molar-refractivity contribution in [3.05, 3.63) is 169 Å². The van der Waals surface area contributed by atoms with E-state index in [2.05, 4.69) is 103 Å². The average molecular weight is 948 g/mol. The Morgan fingerprint density at radius 1 is 0.672 bits per heavy atom. The maximum absolute atomic E-state index is 6.48. The molecule has 0 saturated carbocycles. The summed E-state index contributed by atoms with van der Waals surface area (Å²) in [6.45, 7) is 11.3. The molecule has 0 bridgehead atoms. The molecule has 5 heterocycles. The summed E-state index contributed by atoms with van der Waals surface area (Å²) in [6, 6.07) is 53.7. The predicted octanol–water partition coefficient (Wildman–Crippen LogP) is 12.0. The van der Waals surface area contributed by atoms with Gasteiger partial charge in [-0.15, -0.1) is 54.1 Å². The second-order valence-corrected chi connectivity index (χ2v) is 20.3. The Labute approximate surface area is 353 Å². The summed E-state index contributed by atoms with van der Waals surface area (Å²) in [6.07, 6.45) is 3.16. The minimum atomic E-state index is -1.30. The molecule has 6 nitrogen and oxygen atoms in total. The van der Waals surface area contributed by atoms with Gasteiger partial charge in [-0.1, -0.05) is 97.7 Å². The third kappa shape index (κ3) is 7.31. The number of fused-ring (bicyclic) bond motifs is 6. The maximum Gasteiger partial charge on any atom is 0.216 e. The maximum atomic E-state index is 6.48. The molecule has 5 aromatic heterocycles. The number of rotatable bonds is 6. The van der Waals surface area contributed by atoms with E-state index in [1.165, 1.54) is 10.8 Å². The number of furan rings is 1. The Bertz CT molecular complexity index is 3050. The van der Waals surface area contributed by atoms with Crippen molar-refractivity contribution in [2.24, 2.45) is 0 Å². The fraction of sp³-hybridized carbons (Fsp3) is 0.120. The third-order valence-corrected chi connectivity index (χ3v) is 12.5. The van der Waals surface area contributed by atoms with Crippen molar-refractivity contribution in [1.29, 1.82) is 0 Å². The Morgan fingerprint density at radius 3 is 2.16 bits per heavy atom. The van der Waals surface area contributed by atoms with Gasteiger partial charge in [0.15, 0.2) is 0 Å². The van der Waals surface area contributed by atoms with Gasteiger partial charge in [-0.25, -0.2) is 4.98 Å². The molecule has 5 aromatic carbocycles. The van der Waals surface area contributed by atoms with Crippen molar-refractivity contribution < 1.29 is 24.5 Å². The van der Waals surface area contributed by atoms with E-state index in [0.717, 1.165) is 90.0 Å². The van der Waals surface area contributed by atoms with Crippen LogP contribution in [-0.4, -0.2) is 32.6 Å². The molecule has 0 fully saturated rings. The predicted molar refractivity (Wildman–Crippen MR) is 237 cm³/mol. The number of nitrogens with zero attached hydrogens (tertiary/aromatic N) is 5. The van der Waals surface area contributed by atoms with Gasteiger partial charge in [0.05, 0.1) is 41.7 Å². The molecule has 0 aliphatic rings. The van der Waals surface area contributed by atoms with Crippen molar-refractivity contribution in [2.45, 2.75) is 39.9 Å². The molecule has 58 heavy (non-hydrogen) atoms. The molecule has 0 atom stereocenters. The van der Waals surface area contributed by atoms with Gasteiger partial charge in [-0.05, 0) is 72.8 Å². The summed E-state index contributed by atoms with van der Waals surface area (Å²) in [7, 11) is -1.30. The van der Waals surface area contributed by atoms with E-state index in [4.69, 9.17) is 19.4 Å². The molecule has 0 N–H and O–H groups in total. The first-order valence-corrected chi connectivity index (χ1v) is 22.9. The Balaban J connectivity index is 0.000000209. The number of benzene rings is 5. The summed E-state index contributed by atoms with van der Waals surface area (Å²) in [5, 5.41) is 4.48. The number of hydrogen-bond donors (Lipinski definition) is 0. The molecule has 0 unspecified atom stereocenters. The Morgan fingerprint density at radius 2 is 1.41 bits per heavy atom. The van der Waals surface area contributed by atoms with Gasteiger partial charge in [-0.3, -0.25) is 9.97 Å². The van der Waals surface area contributed by atoms with Crippen molar-refractivity contribution in [1.82, 2.24) is 24.5 Å². The second kappa shape index (κ2) is 16.1. The van der Waals surface area contributed by atoms with Gasteiger partial charge in [0, 0.05) is 54.0 Å². The SMILES string of the molecule is CCc1cc(-c2[c-]cccc2)ncc1[Si](C)(C)C.Cc1ccc2c(ccc3nc(-c4[c-]ccc5c4oc4nc(-c6ccccc6)ccc45)n(-c4ccccc4)c32)n1.[Ir]. The number of aromatic nitrogens is 5. The quantitative estimate of drug-likeness (QED) is 0.123. The van der Waals surface area contributed by atoms with Gasteiger partial charge in [0.1, 0.15) is 0 Å². The van der Waals surface area contributed by atoms with Gasteiger partial charge in [0.2, 0.25) is 5.71 Å². The van der Waals surface area contributed by atoms with Crippen LogP contribution in [0, 0.1) is 19.1 Å². The number of pyridine rings is 3. The summed E-state index contributed by atoms with van der Waals surface area (Å²) >= 11 is 0. The van der Waals surface area contributed by atoms with Crippen LogP contribution in [0.4, 0.5) is 0 Å². The van der Waals surface area contributed by atoms with Crippen LogP contribution in [0.15, 0.2) is 150 Å². The topological polar surface area (TPSA) is 69.6 Å². The van der Waals surface area contributed by atoms with E-state index in [-0.39, 0.29) is 20.1 Å². The first-order valence-electron chi connectivity index (χ1n) is 19.4. The first-order chi connectivity index (χ1) is 27.8. The second-order valence-electron chi connectivity index (χ2n) is 15.3. The monoisotopic (exact) mass is 948 g/mol. The Kier molecular flexibility index (Phi) is 10.7. The molecule has 0 saturated heterocycles. The smallest absolute Gasteiger partial charge is 0.216 e. The van der Waals surface area contributed by atoms with Crippen molar-refractivity contribution in [3.63, 3.8) is 0 Å². The van der Waals surface area contributed by atoms with E-state index in [0.29, 0.717) is 5.71 Å². The molecule has 0 spiro atoms. The third-order valence-electron chi connectivity index (χ3n) is 10.4. The van der Waals surface area contributed by atoms with E-state index < -0.39 is 8.07 Å². The molecule has 0 amide bonds. The van der Waals surface area contributed by atoms with Gasteiger partial charge in [-0.2, -0.15) is 0 Å². The summed E-state index contributed by atoms with van der Waals surface area (Å²) in [5.41, 5.74) is 12.4. The molecular formula is C50H41IrN5OSi-2. The van der Waals surface area contributed by atoms with Gasteiger partial charge < -0.3 is 14.0 Å². The van der Waals surface area contributed by atoms with Crippen molar-refractivity contribution in [2.75, 3.05) is 0 Å². The zero-order valence-corrected chi connectivity index (χ0v) is 36.4. The fourth-order valence-electron chi connectivity index (χ4n) is 7.59. The number of para-hydroxylation sites is 1. The van der Waals surface area contributed by atoms with Crippen LogP contribution >= 0.6 is 0 Å². The van der Waals surface area contributed by atoms with Crippen LogP contribution in [-0.2, 0) is 26.5 Å². The zero-order valence-electron chi connectivity index (χ0n) is 33.0. The average Bonchev–Trinajstić information content (AvgIpc) is 3.83. The molecule has 287 valence electrons. The molecule has 1 radical (unpaired) electrons. The zero-order chi connectivity index (χ0) is 39.1. The number of hydrogen-bond acceptors (Lipinski definition) is 5. The standard InChI is InChI=1S/C34H21N4O.C16H20NSi.Ir/c1-21-15-16-26-29(35-21)19-20-30-31(26)38(23-11-6-3-7-12-23)33(36-30)27-14-8-13-24-25-17-18-28(22-9-4-2-5-10-22)37-34(25)39-32(24)27;1-5-13-11-15(14-9-7-6-8-10-14)17-12-16(13)18(2,3)4;/h2-13,15-20H,1H3;6-9,11-12H,5H2,1-4H3;/q2*-1;. The van der Waals surface area contributed by atoms with E-state index in [1.807, 2.05) is 97.9 Å². The van der Waals surface area contributed by atoms with Crippen LogP contribution in [0.3, 0.4) is 0 Å². The Hall–Kier alpha value is -6.05. The minimum absolute atomic E-state index is 0. The fourth-order valence-corrected chi connectivity index (χ4v) is 9.26. The van der Waals surface area contributed by atoms with Crippen molar-refractivity contribution >= 4 is 57.3 Å². The largest absolute Gasteiger partial charge is 0.486 e. The van der Waals surface area contributed by atoms with Crippen LogP contribution in [0.2, 0.25) is 19.6 Å². The molecule has 0 aliphatic carbocycles. The van der Waals surface area contributed by atoms with E-state index in [1.54, 1.807) is 0 Å². The molecule has 10 aromatic rings. The summed E-state index contributed by atoms with van der Waals surface area (Å²) < 4.78 is 8.67. The summed E-state index contributed by atoms with van der Waals surface area (Å²) in [4.78, 5) is 19.4. The van der Waals surface area contributed by atoms with E-state index >= 15 is 0 Å². The molecule has 10 rings (SSSR count). The summed E-state index contributed by atoms with van der Waals surface area (Å²) in [5.74, 6) is 0.761. The molecule has 0 aliphatic heterocycles.